The molecule has 0 aliphatic carbocycles. The third kappa shape index (κ3) is 6.41. The maximum Gasteiger partial charge on any atom is 0.306 e. The van der Waals surface area contributed by atoms with Crippen molar-refractivity contribution in [1.29, 1.82) is 0 Å². The molecule has 39 heavy (non-hydrogen) atoms. The number of carbonyl (C=O) groups excluding carboxylic acids is 2. The normalized spacial score (nSPS) is 11.8. The van der Waals surface area contributed by atoms with Gasteiger partial charge in [-0.25, -0.2) is 13.9 Å². The van der Waals surface area contributed by atoms with E-state index in [9.17, 15) is 19.1 Å². The average Bonchev–Trinajstić information content (AvgIpc) is 3.18. The minimum atomic E-state index is -0.519. The lowest BCUT2D eigenvalue weighted by Crippen LogP contribution is -2.10. The van der Waals surface area contributed by atoms with E-state index in [0.717, 1.165) is 22.2 Å². The number of aromatic hydroxyl groups is 1. The van der Waals surface area contributed by atoms with Crippen molar-refractivity contribution in [3.8, 4) is 5.88 Å². The highest BCUT2D eigenvalue weighted by atomic mass is 19.1. The summed E-state index contributed by atoms with van der Waals surface area (Å²) in [7, 11) is 3.99. The standard InChI is InChI=1S/C31H32FN3O4/c1-5-39-28(37)17-10-21-6-11-23(12-7-21)30(33-25-14-8-22(9-15-25)19-34(3)4)29-26-16-13-24(32)18-27(26)35(20(2)36)31(29)38/h6-9,11-16,18,38H,5,10,17,19H2,1-4H3. The second-order valence-corrected chi connectivity index (χ2v) is 9.58. The van der Waals surface area contributed by atoms with Crippen LogP contribution in [0.3, 0.4) is 0 Å². The number of hydrogen-bond donors (Lipinski definition) is 1. The zero-order chi connectivity index (χ0) is 28.1. The summed E-state index contributed by atoms with van der Waals surface area (Å²) in [5, 5.41) is 11.8. The first-order chi connectivity index (χ1) is 18.7. The molecule has 0 bridgehead atoms. The second-order valence-electron chi connectivity index (χ2n) is 9.58. The highest BCUT2D eigenvalue weighted by molar-refractivity contribution is 6.23. The molecule has 1 aromatic heterocycles. The van der Waals surface area contributed by atoms with Crippen molar-refractivity contribution in [2.45, 2.75) is 33.2 Å². The number of carbonyl (C=O) groups is 2. The highest BCUT2D eigenvalue weighted by Crippen LogP contribution is 2.35. The van der Waals surface area contributed by atoms with Gasteiger partial charge in [0.1, 0.15) is 5.82 Å². The molecule has 0 saturated heterocycles. The lowest BCUT2D eigenvalue weighted by molar-refractivity contribution is -0.143. The Morgan fingerprint density at radius 1 is 1.00 bits per heavy atom. The number of hydrogen-bond acceptors (Lipinski definition) is 6. The van der Waals surface area contributed by atoms with Crippen molar-refractivity contribution >= 4 is 34.2 Å². The summed E-state index contributed by atoms with van der Waals surface area (Å²) in [6.45, 7) is 4.21. The van der Waals surface area contributed by atoms with E-state index in [1.54, 1.807) is 13.0 Å². The van der Waals surface area contributed by atoms with E-state index in [4.69, 9.17) is 9.73 Å². The number of benzene rings is 3. The molecule has 1 N–H and O–H groups in total. The Bertz CT molecular complexity index is 1520. The maximum atomic E-state index is 14.2. The highest BCUT2D eigenvalue weighted by Gasteiger charge is 2.24. The average molecular weight is 530 g/mol. The molecular formula is C31H32FN3O4. The van der Waals surface area contributed by atoms with Crippen LogP contribution >= 0.6 is 0 Å². The van der Waals surface area contributed by atoms with Crippen molar-refractivity contribution in [2.24, 2.45) is 4.99 Å². The molecule has 0 amide bonds. The summed E-state index contributed by atoms with van der Waals surface area (Å²) in [6.07, 6.45) is 0.791. The molecule has 4 aromatic rings. The van der Waals surface area contributed by atoms with Gasteiger partial charge in [-0.05, 0) is 68.9 Å². The monoisotopic (exact) mass is 529 g/mol. The van der Waals surface area contributed by atoms with Crippen LogP contribution in [0.2, 0.25) is 0 Å². The van der Waals surface area contributed by atoms with Gasteiger partial charge in [-0.1, -0.05) is 36.4 Å². The first-order valence-electron chi connectivity index (χ1n) is 12.8. The van der Waals surface area contributed by atoms with Crippen LogP contribution in [0.5, 0.6) is 5.88 Å². The van der Waals surface area contributed by atoms with Crippen molar-refractivity contribution < 1.29 is 23.8 Å². The van der Waals surface area contributed by atoms with Crippen LogP contribution in [0.15, 0.2) is 71.7 Å². The van der Waals surface area contributed by atoms with E-state index in [2.05, 4.69) is 4.90 Å². The maximum absolute atomic E-state index is 14.2. The number of rotatable bonds is 9. The molecule has 0 spiro atoms. The molecule has 202 valence electrons. The van der Waals surface area contributed by atoms with Gasteiger partial charge in [-0.15, -0.1) is 0 Å². The van der Waals surface area contributed by atoms with Gasteiger partial charge in [-0.2, -0.15) is 0 Å². The molecular weight excluding hydrogens is 497 g/mol. The number of nitrogens with zero attached hydrogens (tertiary/aromatic N) is 3. The van der Waals surface area contributed by atoms with Crippen LogP contribution < -0.4 is 0 Å². The third-order valence-corrected chi connectivity index (χ3v) is 6.28. The van der Waals surface area contributed by atoms with Gasteiger partial charge in [-0.3, -0.25) is 9.59 Å². The zero-order valence-corrected chi connectivity index (χ0v) is 22.6. The van der Waals surface area contributed by atoms with Crippen LogP contribution in [-0.2, 0) is 22.5 Å². The topological polar surface area (TPSA) is 84.1 Å². The van der Waals surface area contributed by atoms with Gasteiger partial charge in [0.2, 0.25) is 11.8 Å². The van der Waals surface area contributed by atoms with Gasteiger partial charge >= 0.3 is 5.97 Å². The van der Waals surface area contributed by atoms with Gasteiger partial charge in [0.05, 0.1) is 29.1 Å². The molecule has 0 aliphatic heterocycles. The number of halogens is 1. The number of aliphatic imine (C=N–C) groups is 1. The van der Waals surface area contributed by atoms with E-state index in [1.807, 2.05) is 62.6 Å². The largest absolute Gasteiger partial charge is 0.494 e. The van der Waals surface area contributed by atoms with E-state index in [1.165, 1.54) is 19.1 Å². The predicted octanol–water partition coefficient (Wildman–Crippen LogP) is 5.87. The van der Waals surface area contributed by atoms with Crippen LogP contribution in [0.4, 0.5) is 10.1 Å². The third-order valence-electron chi connectivity index (χ3n) is 6.28. The van der Waals surface area contributed by atoms with Crippen LogP contribution in [0.25, 0.3) is 10.9 Å². The fraction of sp³-hybridized carbons (Fsp3) is 0.258. The fourth-order valence-electron chi connectivity index (χ4n) is 4.54. The minimum absolute atomic E-state index is 0.254. The Kier molecular flexibility index (Phi) is 8.56. The van der Waals surface area contributed by atoms with E-state index in [0.29, 0.717) is 40.9 Å². The van der Waals surface area contributed by atoms with Gasteiger partial charge in [0.15, 0.2) is 0 Å². The van der Waals surface area contributed by atoms with Crippen LogP contribution in [0, 0.1) is 5.82 Å². The molecule has 0 atom stereocenters. The Balaban J connectivity index is 1.83. The first kappa shape index (κ1) is 27.7. The smallest absolute Gasteiger partial charge is 0.306 e. The van der Waals surface area contributed by atoms with Crippen molar-refractivity contribution in [2.75, 3.05) is 20.7 Å². The molecule has 1 heterocycles. The van der Waals surface area contributed by atoms with Gasteiger partial charge < -0.3 is 14.7 Å². The summed E-state index contributed by atoms with van der Waals surface area (Å²) in [5.74, 6) is -1.53. The second kappa shape index (κ2) is 12.0. The molecule has 8 heteroatoms. The Morgan fingerprint density at radius 2 is 1.67 bits per heavy atom. The molecule has 0 aliphatic rings. The Labute approximate surface area is 227 Å². The lowest BCUT2D eigenvalue weighted by Gasteiger charge is -2.11. The Morgan fingerprint density at radius 3 is 2.28 bits per heavy atom. The fourth-order valence-corrected chi connectivity index (χ4v) is 4.54. The molecule has 7 nitrogen and oxygen atoms in total. The Hall–Kier alpha value is -4.30. The molecule has 0 radical (unpaired) electrons. The number of aromatic nitrogens is 1. The number of esters is 1. The summed E-state index contributed by atoms with van der Waals surface area (Å²) in [5.41, 5.74) is 4.43. The van der Waals surface area contributed by atoms with Crippen molar-refractivity contribution in [3.63, 3.8) is 0 Å². The summed E-state index contributed by atoms with van der Waals surface area (Å²) in [6, 6.07) is 19.3. The molecule has 0 unspecified atom stereocenters. The number of fused-ring (bicyclic) bond motifs is 1. The van der Waals surface area contributed by atoms with Crippen LogP contribution in [-0.4, -0.2) is 52.9 Å². The molecule has 0 fully saturated rings. The zero-order valence-electron chi connectivity index (χ0n) is 22.6. The number of ether oxygens (including phenoxy) is 1. The summed E-state index contributed by atoms with van der Waals surface area (Å²) >= 11 is 0. The van der Waals surface area contributed by atoms with Crippen LogP contribution in [0.1, 0.15) is 47.3 Å². The van der Waals surface area contributed by atoms with Crippen molar-refractivity contribution in [3.05, 3.63) is 94.8 Å². The summed E-state index contributed by atoms with van der Waals surface area (Å²) in [4.78, 5) is 31.2. The molecule has 4 rings (SSSR count). The van der Waals surface area contributed by atoms with E-state index in [-0.39, 0.29) is 23.8 Å². The van der Waals surface area contributed by atoms with E-state index >= 15 is 0 Å². The molecule has 3 aromatic carbocycles. The van der Waals surface area contributed by atoms with Crippen molar-refractivity contribution in [1.82, 2.24) is 9.47 Å². The van der Waals surface area contributed by atoms with E-state index < -0.39 is 11.7 Å². The number of aryl methyl sites for hydroxylation is 1. The molecule has 0 saturated carbocycles. The quantitative estimate of drug-likeness (QED) is 0.217. The minimum Gasteiger partial charge on any atom is -0.494 e. The SMILES string of the molecule is CCOC(=O)CCc1ccc(C(=Nc2ccc(CN(C)C)cc2)c2c(O)n(C(C)=O)c3cc(F)ccc23)cc1. The van der Waals surface area contributed by atoms with Gasteiger partial charge in [0.25, 0.3) is 0 Å². The predicted molar refractivity (Wildman–Crippen MR) is 150 cm³/mol. The lowest BCUT2D eigenvalue weighted by atomic mass is 9.98. The van der Waals surface area contributed by atoms with Gasteiger partial charge in [0, 0.05) is 30.8 Å². The summed E-state index contributed by atoms with van der Waals surface area (Å²) < 4.78 is 20.3. The first-order valence-corrected chi connectivity index (χ1v) is 12.8.